The highest BCUT2D eigenvalue weighted by molar-refractivity contribution is 7.92. The molecule has 45 heavy (non-hydrogen) atoms. The summed E-state index contributed by atoms with van der Waals surface area (Å²) in [6.45, 7) is 3.84. The zero-order chi connectivity index (χ0) is 32.1. The molecule has 0 radical (unpaired) electrons. The molecular weight excluding hydrogens is 631 g/mol. The molecule has 0 bridgehead atoms. The average molecular weight is 662 g/mol. The molecule has 0 aliphatic heterocycles. The smallest absolute Gasteiger partial charge is 0.273 e. The number of hydrogen-bond donors (Lipinski definition) is 1. The normalized spacial score (nSPS) is 11.5. The number of rotatable bonds is 10. The van der Waals surface area contributed by atoms with Crippen LogP contribution in [0, 0.1) is 13.8 Å². The zero-order valence-corrected chi connectivity index (χ0v) is 27.1. The van der Waals surface area contributed by atoms with Crippen LogP contribution in [0.2, 0.25) is 10.0 Å². The van der Waals surface area contributed by atoms with Gasteiger partial charge in [-0.2, -0.15) is 5.10 Å². The van der Waals surface area contributed by atoms with Crippen LogP contribution in [0.15, 0.2) is 113 Å². The van der Waals surface area contributed by atoms with E-state index in [1.807, 2.05) is 54.8 Å². The maximum absolute atomic E-state index is 14.0. The highest BCUT2D eigenvalue weighted by Crippen LogP contribution is 2.31. The standard InChI is InChI=1S/C34H30Cl2N4O4S/c1-23-19-26(24(2)40(23)33-20-27(35)13-18-31(33)36)21-37-38-34(41)30-11-7-8-12-32(30)39(22-25-9-5-4-6-10-25)45(42,43)29-16-14-28(44-3)15-17-29/h4-21H,22H2,1-3H3,(H,38,41)/b37-21+. The fourth-order valence-electron chi connectivity index (χ4n) is 4.97. The number of carbonyl (C=O) groups excluding carboxylic acids is 1. The van der Waals surface area contributed by atoms with Crippen LogP contribution in [0.3, 0.4) is 0 Å². The van der Waals surface area contributed by atoms with Crippen LogP contribution in [0.4, 0.5) is 5.69 Å². The lowest BCUT2D eigenvalue weighted by molar-refractivity contribution is 0.0955. The molecule has 0 spiro atoms. The number of para-hydroxylation sites is 1. The second-order valence-corrected chi connectivity index (χ2v) is 12.9. The monoisotopic (exact) mass is 660 g/mol. The van der Waals surface area contributed by atoms with Crippen LogP contribution >= 0.6 is 23.2 Å². The van der Waals surface area contributed by atoms with Crippen LogP contribution in [0.1, 0.15) is 32.9 Å². The van der Waals surface area contributed by atoms with Crippen LogP contribution < -0.4 is 14.5 Å². The first kappa shape index (κ1) is 31.8. The van der Waals surface area contributed by atoms with Gasteiger partial charge in [0.05, 0.1) is 46.7 Å². The van der Waals surface area contributed by atoms with Gasteiger partial charge in [0.1, 0.15) is 5.75 Å². The molecule has 0 saturated carbocycles. The van der Waals surface area contributed by atoms with Gasteiger partial charge in [-0.05, 0) is 80.1 Å². The summed E-state index contributed by atoms with van der Waals surface area (Å²) in [5.74, 6) is -0.0471. The minimum Gasteiger partial charge on any atom is -0.497 e. The van der Waals surface area contributed by atoms with Crippen molar-refractivity contribution in [2.45, 2.75) is 25.3 Å². The summed E-state index contributed by atoms with van der Waals surface area (Å²) in [5, 5.41) is 5.31. The third kappa shape index (κ3) is 6.91. The van der Waals surface area contributed by atoms with Crippen LogP contribution in [0.5, 0.6) is 5.75 Å². The van der Waals surface area contributed by atoms with Crippen molar-refractivity contribution in [3.63, 3.8) is 0 Å². The highest BCUT2D eigenvalue weighted by atomic mass is 35.5. The van der Waals surface area contributed by atoms with Crippen molar-refractivity contribution < 1.29 is 17.9 Å². The minimum absolute atomic E-state index is 0.000806. The van der Waals surface area contributed by atoms with E-state index < -0.39 is 15.9 Å². The Hall–Kier alpha value is -4.57. The number of methoxy groups -OCH3 is 1. The molecule has 1 N–H and O–H groups in total. The largest absolute Gasteiger partial charge is 0.497 e. The summed E-state index contributed by atoms with van der Waals surface area (Å²) < 4.78 is 36.5. The van der Waals surface area contributed by atoms with Crippen LogP contribution in [-0.4, -0.2) is 32.2 Å². The molecule has 0 aliphatic carbocycles. The summed E-state index contributed by atoms with van der Waals surface area (Å²) in [5.41, 5.74) is 6.88. The quantitative estimate of drug-likeness (QED) is 0.124. The van der Waals surface area contributed by atoms with Crippen LogP contribution in [-0.2, 0) is 16.6 Å². The Bertz CT molecular complexity index is 1980. The molecule has 0 atom stereocenters. The first-order valence-corrected chi connectivity index (χ1v) is 16.1. The van der Waals surface area contributed by atoms with E-state index >= 15 is 0 Å². The van der Waals surface area contributed by atoms with Gasteiger partial charge in [0, 0.05) is 22.0 Å². The molecule has 4 aromatic carbocycles. The molecule has 0 saturated heterocycles. The number of carbonyl (C=O) groups is 1. The van der Waals surface area contributed by atoms with Crippen molar-refractivity contribution in [3.8, 4) is 11.4 Å². The number of amides is 1. The summed E-state index contributed by atoms with van der Waals surface area (Å²) in [6, 6.07) is 29.0. The molecule has 8 nitrogen and oxygen atoms in total. The number of hydrogen-bond acceptors (Lipinski definition) is 5. The molecule has 0 aliphatic rings. The summed E-state index contributed by atoms with van der Waals surface area (Å²) in [7, 11) is -2.59. The number of hydrazone groups is 1. The molecule has 11 heteroatoms. The van der Waals surface area contributed by atoms with Gasteiger partial charge in [-0.3, -0.25) is 9.10 Å². The lowest BCUT2D eigenvalue weighted by Gasteiger charge is -2.26. The molecule has 1 aromatic heterocycles. The van der Waals surface area contributed by atoms with Gasteiger partial charge in [0.15, 0.2) is 0 Å². The zero-order valence-electron chi connectivity index (χ0n) is 24.7. The predicted molar refractivity (Wildman–Crippen MR) is 180 cm³/mol. The predicted octanol–water partition coefficient (Wildman–Crippen LogP) is 7.57. The van der Waals surface area contributed by atoms with E-state index in [-0.39, 0.29) is 22.7 Å². The third-order valence-electron chi connectivity index (χ3n) is 7.22. The molecule has 1 amide bonds. The minimum atomic E-state index is -4.10. The lowest BCUT2D eigenvalue weighted by Crippen LogP contribution is -2.33. The van der Waals surface area contributed by atoms with E-state index in [9.17, 15) is 13.2 Å². The lowest BCUT2D eigenvalue weighted by atomic mass is 10.1. The van der Waals surface area contributed by atoms with E-state index in [4.69, 9.17) is 27.9 Å². The summed E-state index contributed by atoms with van der Waals surface area (Å²) in [6.07, 6.45) is 1.54. The Morgan fingerprint density at radius 2 is 1.62 bits per heavy atom. The Morgan fingerprint density at radius 1 is 0.933 bits per heavy atom. The van der Waals surface area contributed by atoms with Gasteiger partial charge in [-0.25, -0.2) is 13.8 Å². The third-order valence-corrected chi connectivity index (χ3v) is 9.55. The van der Waals surface area contributed by atoms with Gasteiger partial charge in [-0.1, -0.05) is 65.7 Å². The maximum Gasteiger partial charge on any atom is 0.273 e. The topological polar surface area (TPSA) is 93.0 Å². The van der Waals surface area contributed by atoms with E-state index in [2.05, 4.69) is 10.5 Å². The van der Waals surface area contributed by atoms with Crippen molar-refractivity contribution in [3.05, 3.63) is 141 Å². The Labute approximate surface area is 272 Å². The number of aryl methyl sites for hydroxylation is 1. The number of ether oxygens (including phenoxy) is 1. The number of halogens is 2. The molecule has 0 fully saturated rings. The van der Waals surface area contributed by atoms with Crippen molar-refractivity contribution in [1.82, 2.24) is 9.99 Å². The molecule has 5 rings (SSSR count). The first-order valence-electron chi connectivity index (χ1n) is 13.9. The first-order chi connectivity index (χ1) is 21.6. The molecule has 5 aromatic rings. The van der Waals surface area contributed by atoms with Gasteiger partial charge in [-0.15, -0.1) is 0 Å². The van der Waals surface area contributed by atoms with Gasteiger partial charge in [0.25, 0.3) is 15.9 Å². The Morgan fingerprint density at radius 3 is 2.33 bits per heavy atom. The highest BCUT2D eigenvalue weighted by Gasteiger charge is 2.29. The number of nitrogens with zero attached hydrogens (tertiary/aromatic N) is 3. The number of aromatic nitrogens is 1. The number of anilines is 1. The van der Waals surface area contributed by atoms with Gasteiger partial charge >= 0.3 is 0 Å². The maximum atomic E-state index is 14.0. The van der Waals surface area contributed by atoms with Crippen LogP contribution in [0.25, 0.3) is 5.69 Å². The van der Waals surface area contributed by atoms with Crippen molar-refractivity contribution >= 4 is 51.0 Å². The van der Waals surface area contributed by atoms with E-state index in [0.29, 0.717) is 15.8 Å². The van der Waals surface area contributed by atoms with Crippen molar-refractivity contribution in [2.24, 2.45) is 5.10 Å². The van der Waals surface area contributed by atoms with E-state index in [0.717, 1.165) is 28.2 Å². The number of nitrogens with one attached hydrogen (secondary N) is 1. The van der Waals surface area contributed by atoms with E-state index in [1.165, 1.54) is 29.8 Å². The SMILES string of the molecule is COc1ccc(S(=O)(=O)N(Cc2ccccc2)c2ccccc2C(=O)N/N=C/c2cc(C)n(-c3cc(Cl)ccc3Cl)c2C)cc1. The molecule has 230 valence electrons. The Kier molecular flexibility index (Phi) is 9.63. The van der Waals surface area contributed by atoms with Gasteiger partial charge < -0.3 is 9.30 Å². The second-order valence-electron chi connectivity index (χ2n) is 10.1. The fraction of sp³-hybridized carbons (Fsp3) is 0.118. The molecule has 1 heterocycles. The molecule has 0 unspecified atom stereocenters. The van der Waals surface area contributed by atoms with Gasteiger partial charge in [0.2, 0.25) is 0 Å². The average Bonchev–Trinajstić information content (AvgIpc) is 3.33. The summed E-state index contributed by atoms with van der Waals surface area (Å²) >= 11 is 12.7. The summed E-state index contributed by atoms with van der Waals surface area (Å²) in [4.78, 5) is 13.6. The van der Waals surface area contributed by atoms with Crippen molar-refractivity contribution in [2.75, 3.05) is 11.4 Å². The molecular formula is C34H30Cl2N4O4S. The fourth-order valence-corrected chi connectivity index (χ4v) is 6.81. The number of sulfonamides is 1. The van der Waals surface area contributed by atoms with Crippen molar-refractivity contribution in [1.29, 1.82) is 0 Å². The van der Waals surface area contributed by atoms with E-state index in [1.54, 1.807) is 54.6 Å². The number of benzene rings is 4. The second kappa shape index (κ2) is 13.6. The Balaban J connectivity index is 1.46.